The number of nitrogens with one attached hydrogen (secondary N) is 2. The molecule has 0 aromatic rings. The van der Waals surface area contributed by atoms with Crippen LogP contribution >= 0.6 is 0 Å². The summed E-state index contributed by atoms with van der Waals surface area (Å²) in [5.74, 6) is 2.41. The van der Waals surface area contributed by atoms with Gasteiger partial charge in [-0.1, -0.05) is 51.9 Å². The lowest BCUT2D eigenvalue weighted by molar-refractivity contribution is 0.235. The average molecular weight is 266 g/mol. The molecule has 2 rings (SSSR count). The summed E-state index contributed by atoms with van der Waals surface area (Å²) in [6, 6.07) is 0.0414. The van der Waals surface area contributed by atoms with E-state index in [-0.39, 0.29) is 6.03 Å². The molecule has 0 radical (unpaired) electrons. The second kappa shape index (κ2) is 7.76. The molecule has 2 amide bonds. The fraction of sp³-hybridized carbons (Fsp3) is 0.938. The number of urea groups is 1. The molecule has 2 aliphatic carbocycles. The zero-order chi connectivity index (χ0) is 13.5. The fourth-order valence-electron chi connectivity index (χ4n) is 3.89. The molecule has 2 aliphatic rings. The van der Waals surface area contributed by atoms with Crippen LogP contribution in [0.15, 0.2) is 0 Å². The Labute approximate surface area is 117 Å². The van der Waals surface area contributed by atoms with Crippen molar-refractivity contribution in [2.75, 3.05) is 13.1 Å². The van der Waals surface area contributed by atoms with E-state index >= 15 is 0 Å². The Morgan fingerprint density at radius 3 is 2.47 bits per heavy atom. The summed E-state index contributed by atoms with van der Waals surface area (Å²) in [5, 5.41) is 6.08. The molecule has 0 aromatic heterocycles. The molecule has 2 saturated carbocycles. The van der Waals surface area contributed by atoms with Gasteiger partial charge in [-0.15, -0.1) is 0 Å². The monoisotopic (exact) mass is 266 g/mol. The number of hydrogen-bond acceptors (Lipinski definition) is 1. The van der Waals surface area contributed by atoms with Crippen molar-refractivity contribution in [3.63, 3.8) is 0 Å². The van der Waals surface area contributed by atoms with E-state index in [1.54, 1.807) is 0 Å². The topological polar surface area (TPSA) is 41.1 Å². The van der Waals surface area contributed by atoms with Gasteiger partial charge >= 0.3 is 6.03 Å². The van der Waals surface area contributed by atoms with Crippen LogP contribution in [0.3, 0.4) is 0 Å². The van der Waals surface area contributed by atoms with E-state index in [1.807, 2.05) is 0 Å². The van der Waals surface area contributed by atoms with Crippen LogP contribution in [0.1, 0.15) is 64.7 Å². The first-order chi connectivity index (χ1) is 9.29. The fourth-order valence-corrected chi connectivity index (χ4v) is 3.89. The molecule has 2 fully saturated rings. The van der Waals surface area contributed by atoms with Crippen molar-refractivity contribution < 1.29 is 4.79 Å². The second-order valence-corrected chi connectivity index (χ2v) is 6.44. The van der Waals surface area contributed by atoms with Crippen LogP contribution in [0.5, 0.6) is 0 Å². The minimum absolute atomic E-state index is 0.0414. The lowest BCUT2D eigenvalue weighted by atomic mass is 9.94. The summed E-state index contributed by atoms with van der Waals surface area (Å²) in [6.45, 7) is 3.98. The van der Waals surface area contributed by atoms with Crippen molar-refractivity contribution in [3.05, 3.63) is 0 Å². The lowest BCUT2D eigenvalue weighted by Crippen LogP contribution is -2.39. The highest BCUT2D eigenvalue weighted by molar-refractivity contribution is 5.73. The molecule has 3 heteroatoms. The quantitative estimate of drug-likeness (QED) is 0.756. The van der Waals surface area contributed by atoms with Crippen molar-refractivity contribution in [1.29, 1.82) is 0 Å². The van der Waals surface area contributed by atoms with E-state index in [2.05, 4.69) is 17.6 Å². The third-order valence-corrected chi connectivity index (χ3v) is 5.18. The van der Waals surface area contributed by atoms with Gasteiger partial charge in [0.15, 0.2) is 0 Å². The molecular weight excluding hydrogens is 236 g/mol. The average Bonchev–Trinajstić information content (AvgIpc) is 3.07. The summed E-state index contributed by atoms with van der Waals surface area (Å²) >= 11 is 0. The largest absolute Gasteiger partial charge is 0.338 e. The van der Waals surface area contributed by atoms with Gasteiger partial charge in [0.2, 0.25) is 0 Å². The normalized spacial score (nSPS) is 27.6. The number of amides is 2. The van der Waals surface area contributed by atoms with Gasteiger partial charge in [-0.25, -0.2) is 4.79 Å². The Morgan fingerprint density at radius 2 is 1.74 bits per heavy atom. The van der Waals surface area contributed by atoms with Gasteiger partial charge in [-0.3, -0.25) is 0 Å². The second-order valence-electron chi connectivity index (χ2n) is 6.44. The van der Waals surface area contributed by atoms with Crippen LogP contribution < -0.4 is 10.6 Å². The van der Waals surface area contributed by atoms with Crippen LogP contribution in [0.2, 0.25) is 0 Å². The van der Waals surface area contributed by atoms with E-state index < -0.39 is 0 Å². The Morgan fingerprint density at radius 1 is 1.00 bits per heavy atom. The Balaban J connectivity index is 1.54. The Kier molecular flexibility index (Phi) is 5.99. The van der Waals surface area contributed by atoms with E-state index in [1.165, 1.54) is 51.4 Å². The summed E-state index contributed by atoms with van der Waals surface area (Å²) in [6.07, 6.45) is 11.9. The highest BCUT2D eigenvalue weighted by Gasteiger charge is 2.25. The molecule has 0 heterocycles. The molecule has 0 spiro atoms. The minimum atomic E-state index is 0.0414. The molecule has 110 valence electrons. The van der Waals surface area contributed by atoms with Gasteiger partial charge in [0.25, 0.3) is 0 Å². The predicted octanol–water partition coefficient (Wildman–Crippen LogP) is 3.69. The van der Waals surface area contributed by atoms with Gasteiger partial charge in [0, 0.05) is 13.1 Å². The smallest absolute Gasteiger partial charge is 0.314 e. The maximum atomic E-state index is 11.7. The summed E-state index contributed by atoms with van der Waals surface area (Å²) in [5.41, 5.74) is 0. The van der Waals surface area contributed by atoms with Gasteiger partial charge in [-0.05, 0) is 30.6 Å². The third kappa shape index (κ3) is 4.70. The third-order valence-electron chi connectivity index (χ3n) is 5.18. The van der Waals surface area contributed by atoms with Crippen molar-refractivity contribution >= 4 is 6.03 Å². The number of carbonyl (C=O) groups is 1. The lowest BCUT2D eigenvalue weighted by Gasteiger charge is -2.18. The predicted molar refractivity (Wildman–Crippen MR) is 79.1 cm³/mol. The van der Waals surface area contributed by atoms with Gasteiger partial charge in [0.1, 0.15) is 0 Å². The first-order valence-corrected chi connectivity index (χ1v) is 8.31. The molecular formula is C16H30N2O. The molecule has 0 saturated heterocycles. The van der Waals surface area contributed by atoms with Crippen molar-refractivity contribution in [2.45, 2.75) is 64.7 Å². The van der Waals surface area contributed by atoms with Crippen LogP contribution in [0, 0.1) is 17.8 Å². The molecule has 2 atom stereocenters. The zero-order valence-corrected chi connectivity index (χ0v) is 12.4. The highest BCUT2D eigenvalue weighted by Crippen LogP contribution is 2.33. The van der Waals surface area contributed by atoms with E-state index in [4.69, 9.17) is 0 Å². The van der Waals surface area contributed by atoms with E-state index in [9.17, 15) is 4.79 Å². The van der Waals surface area contributed by atoms with Crippen LogP contribution in [-0.4, -0.2) is 19.1 Å². The molecule has 0 bridgehead atoms. The number of rotatable bonds is 6. The maximum absolute atomic E-state index is 11.7. The minimum Gasteiger partial charge on any atom is -0.338 e. The first kappa shape index (κ1) is 14.7. The molecule has 2 N–H and O–H groups in total. The summed E-state index contributed by atoms with van der Waals surface area (Å²) in [4.78, 5) is 11.7. The van der Waals surface area contributed by atoms with Crippen molar-refractivity contribution in [1.82, 2.24) is 10.6 Å². The van der Waals surface area contributed by atoms with Crippen LogP contribution in [-0.2, 0) is 0 Å². The van der Waals surface area contributed by atoms with Crippen LogP contribution in [0.25, 0.3) is 0 Å². The summed E-state index contributed by atoms with van der Waals surface area (Å²) < 4.78 is 0. The first-order valence-electron chi connectivity index (χ1n) is 8.31. The Bertz CT molecular complexity index is 274. The van der Waals surface area contributed by atoms with Gasteiger partial charge in [0.05, 0.1) is 0 Å². The standard InChI is InChI=1S/C16H30N2O/c1-2-14-8-5-9-15(14)12-18-16(19)17-11-10-13-6-3-4-7-13/h13-15H,2-12H2,1H3,(H2,17,18,19). The molecule has 0 aromatic carbocycles. The molecule has 0 aliphatic heterocycles. The Hall–Kier alpha value is -0.730. The van der Waals surface area contributed by atoms with Gasteiger partial charge < -0.3 is 10.6 Å². The van der Waals surface area contributed by atoms with Crippen molar-refractivity contribution in [2.24, 2.45) is 17.8 Å². The molecule has 2 unspecified atom stereocenters. The van der Waals surface area contributed by atoms with E-state index in [0.717, 1.165) is 31.3 Å². The van der Waals surface area contributed by atoms with E-state index in [0.29, 0.717) is 5.92 Å². The van der Waals surface area contributed by atoms with Crippen LogP contribution in [0.4, 0.5) is 4.79 Å². The van der Waals surface area contributed by atoms with Crippen molar-refractivity contribution in [3.8, 4) is 0 Å². The molecule has 19 heavy (non-hydrogen) atoms. The number of hydrogen-bond donors (Lipinski definition) is 2. The van der Waals surface area contributed by atoms with Gasteiger partial charge in [-0.2, -0.15) is 0 Å². The maximum Gasteiger partial charge on any atom is 0.314 e. The SMILES string of the molecule is CCC1CCCC1CNC(=O)NCCC1CCCC1. The zero-order valence-electron chi connectivity index (χ0n) is 12.4. The summed E-state index contributed by atoms with van der Waals surface area (Å²) in [7, 11) is 0. The molecule has 3 nitrogen and oxygen atoms in total. The number of carbonyl (C=O) groups excluding carboxylic acids is 1. The highest BCUT2D eigenvalue weighted by atomic mass is 16.2.